The molecule has 0 aliphatic heterocycles. The summed E-state index contributed by atoms with van der Waals surface area (Å²) < 4.78 is 43.8. The van der Waals surface area contributed by atoms with Gasteiger partial charge in [-0.25, -0.2) is 0 Å². The van der Waals surface area contributed by atoms with Gasteiger partial charge in [-0.05, 0) is 31.3 Å². The SMILES string of the molecule is CCN(CC)CCOc1ccc(C=O)cc1C(F)(F)F. The van der Waals surface area contributed by atoms with Gasteiger partial charge < -0.3 is 9.64 Å². The van der Waals surface area contributed by atoms with Crippen LogP contribution in [-0.2, 0) is 6.18 Å². The maximum absolute atomic E-state index is 12.9. The van der Waals surface area contributed by atoms with E-state index in [1.807, 2.05) is 18.7 Å². The summed E-state index contributed by atoms with van der Waals surface area (Å²) in [5.41, 5.74) is -0.935. The summed E-state index contributed by atoms with van der Waals surface area (Å²) in [5.74, 6) is -0.241. The number of aldehydes is 1. The number of likely N-dealkylation sites (N-methyl/N-ethyl adjacent to an activating group) is 1. The fourth-order valence-electron chi connectivity index (χ4n) is 1.79. The molecule has 0 saturated carbocycles. The highest BCUT2D eigenvalue weighted by Crippen LogP contribution is 2.36. The van der Waals surface area contributed by atoms with Gasteiger partial charge in [-0.15, -0.1) is 0 Å². The van der Waals surface area contributed by atoms with Gasteiger partial charge in [0.05, 0.1) is 5.56 Å². The third-order valence-corrected chi connectivity index (χ3v) is 3.00. The Bertz CT molecular complexity index is 443. The van der Waals surface area contributed by atoms with E-state index in [4.69, 9.17) is 4.74 Å². The standard InChI is InChI=1S/C14H18F3NO2/c1-3-18(4-2)7-8-20-13-6-5-11(10-19)9-12(13)14(15,16)17/h5-6,9-10H,3-4,7-8H2,1-2H3. The zero-order valence-electron chi connectivity index (χ0n) is 11.5. The van der Waals surface area contributed by atoms with Crippen molar-refractivity contribution in [2.45, 2.75) is 20.0 Å². The van der Waals surface area contributed by atoms with Gasteiger partial charge in [0.25, 0.3) is 0 Å². The second-order valence-electron chi connectivity index (χ2n) is 4.25. The Kier molecular flexibility index (Phi) is 6.01. The zero-order chi connectivity index (χ0) is 15.2. The summed E-state index contributed by atoms with van der Waals surface area (Å²) in [4.78, 5) is 12.6. The molecule has 1 aromatic rings. The lowest BCUT2D eigenvalue weighted by molar-refractivity contribution is -0.139. The van der Waals surface area contributed by atoms with Crippen LogP contribution in [0, 0.1) is 0 Å². The van der Waals surface area contributed by atoms with Crippen molar-refractivity contribution >= 4 is 6.29 Å². The highest BCUT2D eigenvalue weighted by Gasteiger charge is 2.34. The molecule has 6 heteroatoms. The molecule has 112 valence electrons. The van der Waals surface area contributed by atoms with Crippen LogP contribution in [0.2, 0.25) is 0 Å². The number of carbonyl (C=O) groups excluding carboxylic acids is 1. The number of hydrogen-bond acceptors (Lipinski definition) is 3. The number of benzene rings is 1. The van der Waals surface area contributed by atoms with E-state index < -0.39 is 11.7 Å². The molecule has 0 amide bonds. The molecule has 0 radical (unpaired) electrons. The van der Waals surface area contributed by atoms with Crippen molar-refractivity contribution in [1.82, 2.24) is 4.90 Å². The van der Waals surface area contributed by atoms with Gasteiger partial charge in [0.2, 0.25) is 0 Å². The Balaban J connectivity index is 2.81. The van der Waals surface area contributed by atoms with Crippen molar-refractivity contribution in [3.63, 3.8) is 0 Å². The van der Waals surface area contributed by atoms with Crippen molar-refractivity contribution in [3.8, 4) is 5.75 Å². The Hall–Kier alpha value is -1.56. The predicted octanol–water partition coefficient (Wildman–Crippen LogP) is 3.24. The van der Waals surface area contributed by atoms with Gasteiger partial charge in [-0.3, -0.25) is 4.79 Å². The number of halogens is 3. The van der Waals surface area contributed by atoms with Crippen LogP contribution in [0.15, 0.2) is 18.2 Å². The first-order chi connectivity index (χ1) is 9.42. The topological polar surface area (TPSA) is 29.5 Å². The van der Waals surface area contributed by atoms with Crippen molar-refractivity contribution < 1.29 is 22.7 Å². The average Bonchev–Trinajstić information content (AvgIpc) is 2.42. The zero-order valence-corrected chi connectivity index (χ0v) is 11.5. The summed E-state index contributed by atoms with van der Waals surface area (Å²) in [6.07, 6.45) is -4.15. The third kappa shape index (κ3) is 4.52. The summed E-state index contributed by atoms with van der Waals surface area (Å²) in [6, 6.07) is 3.31. The first kappa shape index (κ1) is 16.5. The maximum atomic E-state index is 12.9. The number of rotatable bonds is 7. The number of hydrogen-bond donors (Lipinski definition) is 0. The van der Waals surface area contributed by atoms with E-state index in [9.17, 15) is 18.0 Å². The quantitative estimate of drug-likeness (QED) is 0.722. The van der Waals surface area contributed by atoms with Crippen LogP contribution in [0.1, 0.15) is 29.8 Å². The average molecular weight is 289 g/mol. The monoisotopic (exact) mass is 289 g/mol. The van der Waals surface area contributed by atoms with Gasteiger partial charge in [-0.2, -0.15) is 13.2 Å². The molecule has 0 aliphatic carbocycles. The van der Waals surface area contributed by atoms with Crippen molar-refractivity contribution in [1.29, 1.82) is 0 Å². The molecule has 0 heterocycles. The molecule has 0 spiro atoms. The van der Waals surface area contributed by atoms with Crippen molar-refractivity contribution in [2.75, 3.05) is 26.2 Å². The van der Waals surface area contributed by atoms with Crippen LogP contribution in [-0.4, -0.2) is 37.4 Å². The van der Waals surface area contributed by atoms with Gasteiger partial charge in [0, 0.05) is 12.1 Å². The van der Waals surface area contributed by atoms with Crippen LogP contribution in [0.4, 0.5) is 13.2 Å². The largest absolute Gasteiger partial charge is 0.492 e. The second kappa shape index (κ2) is 7.28. The van der Waals surface area contributed by atoms with E-state index in [2.05, 4.69) is 0 Å². The van der Waals surface area contributed by atoms with Crippen LogP contribution in [0.3, 0.4) is 0 Å². The Morgan fingerprint density at radius 3 is 2.40 bits per heavy atom. The molecular weight excluding hydrogens is 271 g/mol. The van der Waals surface area contributed by atoms with E-state index in [-0.39, 0.29) is 17.9 Å². The predicted molar refractivity (Wildman–Crippen MR) is 70.1 cm³/mol. The lowest BCUT2D eigenvalue weighted by Gasteiger charge is -2.19. The fourth-order valence-corrected chi connectivity index (χ4v) is 1.79. The van der Waals surface area contributed by atoms with Crippen LogP contribution in [0.5, 0.6) is 5.75 Å². The smallest absolute Gasteiger partial charge is 0.419 e. The summed E-state index contributed by atoms with van der Waals surface area (Å²) in [7, 11) is 0. The number of ether oxygens (including phenoxy) is 1. The molecule has 20 heavy (non-hydrogen) atoms. The number of alkyl halides is 3. The van der Waals surface area contributed by atoms with Gasteiger partial charge in [0.15, 0.2) is 0 Å². The molecule has 3 nitrogen and oxygen atoms in total. The molecule has 0 atom stereocenters. The summed E-state index contributed by atoms with van der Waals surface area (Å²) in [6.45, 7) is 6.31. The van der Waals surface area contributed by atoms with Gasteiger partial charge >= 0.3 is 6.18 Å². The first-order valence-electron chi connectivity index (χ1n) is 6.44. The second-order valence-corrected chi connectivity index (χ2v) is 4.25. The lowest BCUT2D eigenvalue weighted by Crippen LogP contribution is -2.28. The Morgan fingerprint density at radius 1 is 1.25 bits per heavy atom. The summed E-state index contributed by atoms with van der Waals surface area (Å²) >= 11 is 0. The minimum Gasteiger partial charge on any atom is -0.492 e. The van der Waals surface area contributed by atoms with Crippen LogP contribution in [0.25, 0.3) is 0 Å². The van der Waals surface area contributed by atoms with E-state index in [0.717, 1.165) is 19.2 Å². The highest BCUT2D eigenvalue weighted by molar-refractivity contribution is 5.75. The van der Waals surface area contributed by atoms with E-state index in [0.29, 0.717) is 12.8 Å². The molecule has 1 aromatic carbocycles. The van der Waals surface area contributed by atoms with E-state index in [1.54, 1.807) is 0 Å². The molecule has 0 N–H and O–H groups in total. The minimum absolute atomic E-state index is 0.0200. The minimum atomic E-state index is -4.54. The summed E-state index contributed by atoms with van der Waals surface area (Å²) in [5, 5.41) is 0. The Morgan fingerprint density at radius 2 is 1.90 bits per heavy atom. The molecule has 0 aromatic heterocycles. The van der Waals surface area contributed by atoms with E-state index >= 15 is 0 Å². The number of carbonyl (C=O) groups is 1. The third-order valence-electron chi connectivity index (χ3n) is 3.00. The van der Waals surface area contributed by atoms with Crippen molar-refractivity contribution in [3.05, 3.63) is 29.3 Å². The molecule has 0 fully saturated rings. The molecule has 0 saturated heterocycles. The maximum Gasteiger partial charge on any atom is 0.419 e. The van der Waals surface area contributed by atoms with Gasteiger partial charge in [-0.1, -0.05) is 13.8 Å². The van der Waals surface area contributed by atoms with Gasteiger partial charge in [0.1, 0.15) is 18.6 Å². The van der Waals surface area contributed by atoms with Crippen molar-refractivity contribution in [2.24, 2.45) is 0 Å². The first-order valence-corrected chi connectivity index (χ1v) is 6.44. The highest BCUT2D eigenvalue weighted by atomic mass is 19.4. The Labute approximate surface area is 116 Å². The molecule has 1 rings (SSSR count). The fraction of sp³-hybridized carbons (Fsp3) is 0.500. The molecular formula is C14H18F3NO2. The number of nitrogens with zero attached hydrogens (tertiary/aromatic N) is 1. The van der Waals surface area contributed by atoms with Crippen LogP contribution < -0.4 is 4.74 Å². The van der Waals surface area contributed by atoms with E-state index in [1.165, 1.54) is 12.1 Å². The normalized spacial score (nSPS) is 11.7. The lowest BCUT2D eigenvalue weighted by atomic mass is 10.1. The molecule has 0 aliphatic rings. The van der Waals surface area contributed by atoms with Crippen LogP contribution >= 0.6 is 0 Å². The molecule has 0 unspecified atom stereocenters. The molecule has 0 bridgehead atoms.